The van der Waals surface area contributed by atoms with Gasteiger partial charge in [0.25, 0.3) is 0 Å². The van der Waals surface area contributed by atoms with E-state index >= 15 is 0 Å². The van der Waals surface area contributed by atoms with Crippen molar-refractivity contribution < 1.29 is 4.92 Å². The minimum Gasteiger partial charge on any atom is -0.0991 e. The Hall–Kier alpha value is -0.200. The standard InChI is InChI=1S/C17H42N5/c1-11-16(6)21(17(7)12-2)22(18(8)13-3,19(9)14-4)20(10)15-5/h16-17H,11-15H2,1-10H3/q+1. The van der Waals surface area contributed by atoms with E-state index in [-0.39, 0.29) is 0 Å². The lowest BCUT2D eigenvalue weighted by Crippen LogP contribution is -2.82. The molecule has 0 heterocycles. The van der Waals surface area contributed by atoms with E-state index in [9.17, 15) is 0 Å². The number of hydrogen-bond acceptors (Lipinski definition) is 4. The van der Waals surface area contributed by atoms with Gasteiger partial charge in [-0.1, -0.05) is 33.9 Å². The average molecular weight is 317 g/mol. The van der Waals surface area contributed by atoms with Gasteiger partial charge in [0.15, 0.2) is 0 Å². The van der Waals surface area contributed by atoms with Gasteiger partial charge in [-0.3, -0.25) is 0 Å². The Morgan fingerprint density at radius 1 is 0.636 bits per heavy atom. The SMILES string of the molecule is CCC(C)N(C(C)CC)[N+](N(C)CC)(N(C)CC)N(C)CC. The summed E-state index contributed by atoms with van der Waals surface area (Å²) in [5.74, 6) is 0. The molecule has 0 rings (SSSR count). The second kappa shape index (κ2) is 9.83. The highest BCUT2D eigenvalue weighted by Crippen LogP contribution is 2.29. The predicted octanol–water partition coefficient (Wildman–Crippen LogP) is 3.22. The van der Waals surface area contributed by atoms with E-state index in [1.807, 2.05) is 0 Å². The zero-order valence-electron chi connectivity index (χ0n) is 16.9. The normalized spacial score (nSPS) is 16.1. The summed E-state index contributed by atoms with van der Waals surface area (Å²) in [6.07, 6.45) is 2.30. The quantitative estimate of drug-likeness (QED) is 0.428. The van der Waals surface area contributed by atoms with Gasteiger partial charge in [-0.2, -0.15) is 0 Å². The molecule has 0 saturated carbocycles. The van der Waals surface area contributed by atoms with Gasteiger partial charge in [0.2, 0.25) is 0 Å². The highest BCUT2D eigenvalue weighted by molar-refractivity contribution is 4.65. The van der Waals surface area contributed by atoms with Crippen molar-refractivity contribution in [2.24, 2.45) is 0 Å². The van der Waals surface area contributed by atoms with Crippen LogP contribution in [0.2, 0.25) is 0 Å². The molecule has 0 aliphatic rings. The molecular weight excluding hydrogens is 274 g/mol. The minimum atomic E-state index is 0.506. The third-order valence-corrected chi connectivity index (χ3v) is 5.14. The van der Waals surface area contributed by atoms with Gasteiger partial charge in [0.05, 0.1) is 31.7 Å². The zero-order valence-corrected chi connectivity index (χ0v) is 16.9. The van der Waals surface area contributed by atoms with Gasteiger partial charge in [0, 0.05) is 21.1 Å². The zero-order chi connectivity index (χ0) is 17.5. The molecule has 0 bridgehead atoms. The van der Waals surface area contributed by atoms with E-state index in [0.29, 0.717) is 17.0 Å². The molecule has 0 aliphatic heterocycles. The molecule has 0 aromatic carbocycles. The highest BCUT2D eigenvalue weighted by Gasteiger charge is 2.51. The van der Waals surface area contributed by atoms with Crippen molar-refractivity contribution >= 4 is 0 Å². The lowest BCUT2D eigenvalue weighted by atomic mass is 10.1. The van der Waals surface area contributed by atoms with Crippen LogP contribution in [0.15, 0.2) is 0 Å². The summed E-state index contributed by atoms with van der Waals surface area (Å²) >= 11 is 0. The fourth-order valence-corrected chi connectivity index (χ4v) is 3.22. The smallest absolute Gasteiger partial charge is 0.0622 e. The molecule has 2 atom stereocenters. The first kappa shape index (κ1) is 21.8. The van der Waals surface area contributed by atoms with Gasteiger partial charge < -0.3 is 0 Å². The van der Waals surface area contributed by atoms with Crippen LogP contribution in [-0.4, -0.2) is 77.8 Å². The second-order valence-corrected chi connectivity index (χ2v) is 6.35. The van der Waals surface area contributed by atoms with Crippen LogP contribution >= 0.6 is 0 Å². The van der Waals surface area contributed by atoms with E-state index in [0.717, 1.165) is 32.5 Å². The van der Waals surface area contributed by atoms with Crippen molar-refractivity contribution in [3.63, 3.8) is 0 Å². The summed E-state index contributed by atoms with van der Waals surface area (Å²) < 4.78 is 0. The van der Waals surface area contributed by atoms with Crippen LogP contribution in [0.5, 0.6) is 0 Å². The van der Waals surface area contributed by atoms with Crippen LogP contribution in [0.3, 0.4) is 0 Å². The number of hydrogen-bond donors (Lipinski definition) is 0. The van der Waals surface area contributed by atoms with Gasteiger partial charge in [0.1, 0.15) is 0 Å². The summed E-state index contributed by atoms with van der Waals surface area (Å²) in [4.78, 5) is 0.674. The van der Waals surface area contributed by atoms with Crippen molar-refractivity contribution in [3.8, 4) is 0 Å². The molecule has 0 N–H and O–H groups in total. The van der Waals surface area contributed by atoms with Gasteiger partial charge >= 0.3 is 0 Å². The Morgan fingerprint density at radius 2 is 0.909 bits per heavy atom. The lowest BCUT2D eigenvalue weighted by molar-refractivity contribution is -1.28. The molecule has 22 heavy (non-hydrogen) atoms. The van der Waals surface area contributed by atoms with E-state index in [1.54, 1.807) is 0 Å². The summed E-state index contributed by atoms with van der Waals surface area (Å²) in [5.41, 5.74) is 0. The predicted molar refractivity (Wildman–Crippen MR) is 96.5 cm³/mol. The Morgan fingerprint density at radius 3 is 1.09 bits per heavy atom. The van der Waals surface area contributed by atoms with E-state index < -0.39 is 0 Å². The van der Waals surface area contributed by atoms with Crippen LogP contribution in [0.1, 0.15) is 61.3 Å². The average Bonchev–Trinajstić information content (AvgIpc) is 2.55. The molecule has 134 valence electrons. The summed E-state index contributed by atoms with van der Waals surface area (Å²) in [6, 6.07) is 1.01. The van der Waals surface area contributed by atoms with Gasteiger partial charge in [-0.25, -0.2) is 0 Å². The molecule has 0 spiro atoms. The van der Waals surface area contributed by atoms with Crippen molar-refractivity contribution in [3.05, 3.63) is 0 Å². The fraction of sp³-hybridized carbons (Fsp3) is 1.00. The molecule has 0 aromatic rings. The minimum absolute atomic E-state index is 0.506. The van der Waals surface area contributed by atoms with Gasteiger partial charge in [-0.15, -0.1) is 0 Å². The molecule has 0 radical (unpaired) electrons. The van der Waals surface area contributed by atoms with Crippen molar-refractivity contribution in [2.75, 3.05) is 40.8 Å². The first-order valence-corrected chi connectivity index (χ1v) is 9.11. The Balaban J connectivity index is 6.25. The molecule has 0 amide bonds. The van der Waals surface area contributed by atoms with Crippen LogP contribution in [0.25, 0.3) is 0 Å². The van der Waals surface area contributed by atoms with Crippen molar-refractivity contribution in [1.29, 1.82) is 0 Å². The molecule has 2 unspecified atom stereocenters. The maximum atomic E-state index is 2.66. The highest BCUT2D eigenvalue weighted by atomic mass is 16.3. The van der Waals surface area contributed by atoms with Crippen LogP contribution in [0, 0.1) is 0 Å². The summed E-state index contributed by atoms with van der Waals surface area (Å²) in [5, 5.41) is 9.97. The molecule has 5 nitrogen and oxygen atoms in total. The topological polar surface area (TPSA) is 13.0 Å². The Kier molecular flexibility index (Phi) is 9.74. The van der Waals surface area contributed by atoms with Gasteiger partial charge in [-0.05, 0) is 52.4 Å². The van der Waals surface area contributed by atoms with Crippen molar-refractivity contribution in [2.45, 2.75) is 73.4 Å². The van der Waals surface area contributed by atoms with Crippen LogP contribution in [-0.2, 0) is 0 Å². The van der Waals surface area contributed by atoms with Crippen LogP contribution < -0.4 is 0 Å². The summed E-state index contributed by atoms with van der Waals surface area (Å²) in [6.45, 7) is 19.0. The van der Waals surface area contributed by atoms with E-state index in [1.165, 1.54) is 0 Å². The Bertz CT molecular complexity index is 260. The maximum absolute atomic E-state index is 2.66. The molecule has 0 aliphatic carbocycles. The van der Waals surface area contributed by atoms with E-state index in [2.05, 4.69) is 89.6 Å². The van der Waals surface area contributed by atoms with Crippen molar-refractivity contribution in [1.82, 2.24) is 20.0 Å². The fourth-order valence-electron chi connectivity index (χ4n) is 3.22. The molecule has 0 saturated heterocycles. The molecule has 5 heteroatoms. The third kappa shape index (κ3) is 4.01. The number of nitrogens with zero attached hydrogens (tertiary/aromatic N) is 5. The third-order valence-electron chi connectivity index (χ3n) is 5.14. The maximum Gasteiger partial charge on any atom is 0.0622 e. The number of quaternary nitrogens is 1. The summed E-state index contributed by atoms with van der Waals surface area (Å²) in [7, 11) is 6.70. The Labute approximate surface area is 139 Å². The first-order chi connectivity index (χ1) is 10.3. The second-order valence-electron chi connectivity index (χ2n) is 6.35. The van der Waals surface area contributed by atoms with E-state index in [4.69, 9.17) is 0 Å². The lowest BCUT2D eigenvalue weighted by Gasteiger charge is -2.57. The number of rotatable bonds is 11. The monoisotopic (exact) mass is 316 g/mol. The largest absolute Gasteiger partial charge is 0.0991 e. The first-order valence-electron chi connectivity index (χ1n) is 9.11. The molecule has 0 aromatic heterocycles. The van der Waals surface area contributed by atoms with Crippen LogP contribution in [0.4, 0.5) is 0 Å². The molecule has 0 fully saturated rings. The molecular formula is C17H42N5+.